The zero-order valence-electron chi connectivity index (χ0n) is 13.9. The second kappa shape index (κ2) is 6.72. The van der Waals surface area contributed by atoms with Crippen molar-refractivity contribution in [2.24, 2.45) is 0 Å². The first-order valence-corrected chi connectivity index (χ1v) is 8.69. The highest BCUT2D eigenvalue weighted by Crippen LogP contribution is 2.31. The predicted molar refractivity (Wildman–Crippen MR) is 95.4 cm³/mol. The number of nitrogens with one attached hydrogen (secondary N) is 2. The van der Waals surface area contributed by atoms with Crippen molar-refractivity contribution in [2.45, 2.75) is 31.0 Å². The number of hydrogen-bond acceptors (Lipinski definition) is 4. The summed E-state index contributed by atoms with van der Waals surface area (Å²) >= 11 is 0. The normalized spacial score (nSPS) is 24.8. The van der Waals surface area contributed by atoms with E-state index in [-0.39, 0.29) is 18.1 Å². The largest absolute Gasteiger partial charge is 0.390 e. The van der Waals surface area contributed by atoms with Crippen LogP contribution in [0.5, 0.6) is 0 Å². The van der Waals surface area contributed by atoms with Crippen molar-refractivity contribution < 1.29 is 9.90 Å². The van der Waals surface area contributed by atoms with Crippen LogP contribution in [0.4, 0.5) is 10.6 Å². The van der Waals surface area contributed by atoms with Crippen LogP contribution in [0.1, 0.15) is 23.6 Å². The average Bonchev–Trinajstić information content (AvgIpc) is 3.21. The second-order valence-corrected chi connectivity index (χ2v) is 6.69. The fraction of sp³-hybridized carbons (Fsp3) is 0.368. The van der Waals surface area contributed by atoms with Gasteiger partial charge in [0.25, 0.3) is 0 Å². The minimum absolute atomic E-state index is 0.0794. The maximum atomic E-state index is 12.4. The molecule has 1 unspecified atom stereocenters. The van der Waals surface area contributed by atoms with Gasteiger partial charge in [0.1, 0.15) is 5.82 Å². The van der Waals surface area contributed by atoms with Gasteiger partial charge in [0.15, 0.2) is 0 Å². The third kappa shape index (κ3) is 3.30. The zero-order valence-corrected chi connectivity index (χ0v) is 13.9. The lowest BCUT2D eigenvalue weighted by Crippen LogP contribution is -2.46. The predicted octanol–water partition coefficient (Wildman–Crippen LogP) is 1.62. The fourth-order valence-corrected chi connectivity index (χ4v) is 3.74. The number of aliphatic hydroxyl groups is 1. The molecule has 1 aliphatic heterocycles. The van der Waals surface area contributed by atoms with Gasteiger partial charge in [0, 0.05) is 31.7 Å². The topological polar surface area (TPSA) is 77.5 Å². The van der Waals surface area contributed by atoms with Gasteiger partial charge >= 0.3 is 6.03 Å². The molecular weight excluding hydrogens is 316 g/mol. The van der Waals surface area contributed by atoms with Gasteiger partial charge in [-0.1, -0.05) is 30.3 Å². The van der Waals surface area contributed by atoms with Crippen molar-refractivity contribution in [1.29, 1.82) is 0 Å². The number of fused-ring (bicyclic) bond motifs is 1. The van der Waals surface area contributed by atoms with Crippen molar-refractivity contribution in [2.75, 3.05) is 18.0 Å². The van der Waals surface area contributed by atoms with Crippen molar-refractivity contribution in [3.8, 4) is 0 Å². The second-order valence-electron chi connectivity index (χ2n) is 6.69. The average molecular weight is 338 g/mol. The van der Waals surface area contributed by atoms with Crippen LogP contribution in [0.2, 0.25) is 0 Å². The molecule has 1 aromatic carbocycles. The molecule has 4 rings (SSSR count). The van der Waals surface area contributed by atoms with Gasteiger partial charge in [-0.25, -0.2) is 9.78 Å². The Morgan fingerprint density at radius 1 is 1.16 bits per heavy atom. The number of benzene rings is 1. The van der Waals surface area contributed by atoms with Crippen LogP contribution in [0.25, 0.3) is 0 Å². The first-order chi connectivity index (χ1) is 12.2. The van der Waals surface area contributed by atoms with Crippen molar-refractivity contribution in [3.63, 3.8) is 0 Å². The smallest absolute Gasteiger partial charge is 0.315 e. The molecule has 0 spiro atoms. The molecule has 0 radical (unpaired) electrons. The molecule has 2 aliphatic rings. The van der Waals surface area contributed by atoms with Gasteiger partial charge in [0.2, 0.25) is 0 Å². The number of hydrogen-bond donors (Lipinski definition) is 3. The molecule has 0 saturated carbocycles. The minimum atomic E-state index is -0.572. The molecule has 2 aromatic rings. The molecule has 1 fully saturated rings. The molecule has 1 aliphatic carbocycles. The summed E-state index contributed by atoms with van der Waals surface area (Å²) in [5, 5.41) is 16.2. The highest BCUT2D eigenvalue weighted by molar-refractivity contribution is 5.75. The number of anilines is 1. The summed E-state index contributed by atoms with van der Waals surface area (Å²) in [6.45, 7) is 1.62. The third-order valence-corrected chi connectivity index (χ3v) is 4.99. The standard InChI is InChI=1S/C19H22N4O2/c24-16-11-13-5-1-2-6-15(13)18(16)22-19(25)21-14-8-10-23(12-14)17-7-3-4-9-20-17/h1-7,9,14,16,18,24H,8,10-12H2,(H2,21,22,25)/t14?,16-,18+/m0/s1. The number of carbonyl (C=O) groups is 1. The van der Waals surface area contributed by atoms with Crippen LogP contribution < -0.4 is 15.5 Å². The monoisotopic (exact) mass is 338 g/mol. The van der Waals surface area contributed by atoms with Gasteiger partial charge in [-0.2, -0.15) is 0 Å². The molecule has 3 atom stereocenters. The molecule has 2 heterocycles. The summed E-state index contributed by atoms with van der Waals surface area (Å²) < 4.78 is 0. The number of nitrogens with zero attached hydrogens (tertiary/aromatic N) is 2. The number of carbonyl (C=O) groups excluding carboxylic acids is 1. The first-order valence-electron chi connectivity index (χ1n) is 8.69. The van der Waals surface area contributed by atoms with Crippen LogP contribution in [-0.2, 0) is 6.42 Å². The summed E-state index contributed by atoms with van der Waals surface area (Å²) in [5.74, 6) is 0.937. The molecule has 6 heteroatoms. The highest BCUT2D eigenvalue weighted by atomic mass is 16.3. The van der Waals surface area contributed by atoms with E-state index in [1.807, 2.05) is 42.5 Å². The zero-order chi connectivity index (χ0) is 17.2. The Hall–Kier alpha value is -2.60. The summed E-state index contributed by atoms with van der Waals surface area (Å²) in [6, 6.07) is 13.2. The van der Waals surface area contributed by atoms with Crippen LogP contribution in [-0.4, -0.2) is 41.4 Å². The summed E-state index contributed by atoms with van der Waals surface area (Å²) in [4.78, 5) is 18.9. The van der Waals surface area contributed by atoms with E-state index < -0.39 is 6.10 Å². The van der Waals surface area contributed by atoms with E-state index in [0.717, 1.165) is 36.5 Å². The molecule has 2 amide bonds. The number of amides is 2. The van der Waals surface area contributed by atoms with Crippen LogP contribution in [0.15, 0.2) is 48.7 Å². The minimum Gasteiger partial charge on any atom is -0.390 e. The molecule has 0 bridgehead atoms. The molecule has 130 valence electrons. The molecular formula is C19H22N4O2. The number of rotatable bonds is 3. The molecule has 6 nitrogen and oxygen atoms in total. The Morgan fingerprint density at radius 3 is 2.84 bits per heavy atom. The van der Waals surface area contributed by atoms with Crippen molar-refractivity contribution in [3.05, 3.63) is 59.8 Å². The summed E-state index contributed by atoms with van der Waals surface area (Å²) in [7, 11) is 0. The fourth-order valence-electron chi connectivity index (χ4n) is 3.74. The number of urea groups is 1. The molecule has 1 saturated heterocycles. The lowest BCUT2D eigenvalue weighted by atomic mass is 10.1. The van der Waals surface area contributed by atoms with E-state index in [0.29, 0.717) is 6.42 Å². The van der Waals surface area contributed by atoms with E-state index in [1.165, 1.54) is 0 Å². The summed E-state index contributed by atoms with van der Waals surface area (Å²) in [6.07, 6.45) is 2.67. The molecule has 3 N–H and O–H groups in total. The van der Waals surface area contributed by atoms with E-state index in [2.05, 4.69) is 20.5 Å². The van der Waals surface area contributed by atoms with Crippen LogP contribution in [0, 0.1) is 0 Å². The van der Waals surface area contributed by atoms with E-state index in [4.69, 9.17) is 0 Å². The lowest BCUT2D eigenvalue weighted by Gasteiger charge is -2.21. The van der Waals surface area contributed by atoms with Gasteiger partial charge in [-0.05, 0) is 29.7 Å². The Morgan fingerprint density at radius 2 is 2.00 bits per heavy atom. The number of pyridine rings is 1. The third-order valence-electron chi connectivity index (χ3n) is 4.99. The Bertz CT molecular complexity index is 752. The molecule has 1 aromatic heterocycles. The van der Waals surface area contributed by atoms with Crippen LogP contribution >= 0.6 is 0 Å². The van der Waals surface area contributed by atoms with Gasteiger partial charge in [-0.3, -0.25) is 0 Å². The quantitative estimate of drug-likeness (QED) is 0.795. The number of aliphatic hydroxyl groups excluding tert-OH is 1. The Kier molecular flexibility index (Phi) is 4.28. The van der Waals surface area contributed by atoms with Crippen LogP contribution in [0.3, 0.4) is 0 Å². The SMILES string of the molecule is O=C(NC1CCN(c2ccccn2)C1)N[C@@H]1c2ccccc2C[C@@H]1O. The van der Waals surface area contributed by atoms with Gasteiger partial charge in [-0.15, -0.1) is 0 Å². The van der Waals surface area contributed by atoms with E-state index in [1.54, 1.807) is 6.20 Å². The van der Waals surface area contributed by atoms with E-state index >= 15 is 0 Å². The number of aromatic nitrogens is 1. The highest BCUT2D eigenvalue weighted by Gasteiger charge is 2.33. The van der Waals surface area contributed by atoms with Crippen molar-refractivity contribution in [1.82, 2.24) is 15.6 Å². The maximum absolute atomic E-state index is 12.4. The summed E-state index contributed by atoms with van der Waals surface area (Å²) in [5.41, 5.74) is 2.11. The maximum Gasteiger partial charge on any atom is 0.315 e. The first kappa shape index (κ1) is 15.9. The van der Waals surface area contributed by atoms with Gasteiger partial charge in [0.05, 0.1) is 12.1 Å². The van der Waals surface area contributed by atoms with E-state index in [9.17, 15) is 9.90 Å². The lowest BCUT2D eigenvalue weighted by molar-refractivity contribution is 0.142. The Labute approximate surface area is 146 Å². The Balaban J connectivity index is 1.34. The van der Waals surface area contributed by atoms with Gasteiger partial charge < -0.3 is 20.6 Å². The molecule has 25 heavy (non-hydrogen) atoms. The van der Waals surface area contributed by atoms with Crippen molar-refractivity contribution >= 4 is 11.8 Å².